The summed E-state index contributed by atoms with van der Waals surface area (Å²) in [6.45, 7) is 0. The van der Waals surface area contributed by atoms with E-state index in [1.165, 1.54) is 54.1 Å². The Morgan fingerprint density at radius 2 is 0.800 bits per heavy atom. The van der Waals surface area contributed by atoms with Crippen molar-refractivity contribution in [3.8, 4) is 0 Å². The second kappa shape index (κ2) is 4.61. The summed E-state index contributed by atoms with van der Waals surface area (Å²) in [6.07, 6.45) is 0. The monoisotopic (exact) mass is 317 g/mol. The molecule has 1 heterocycles. The predicted octanol–water partition coefficient (Wildman–Crippen LogP) is 6.78. The van der Waals surface area contributed by atoms with Crippen molar-refractivity contribution in [1.82, 2.24) is 4.98 Å². The van der Waals surface area contributed by atoms with E-state index in [1.54, 1.807) is 0 Å². The molecule has 0 atom stereocenters. The standard InChI is InChI=1S/C24H15N/c1-2-6-16-10-20-14-24-22(12-19(20)9-15(16)5-1)21-11-17-7-3-4-8-18(17)13-23(21)25-24/h1-14,25H. The van der Waals surface area contributed by atoms with E-state index in [0.717, 1.165) is 0 Å². The molecular formula is C24H15N. The SMILES string of the molecule is c1ccc2cc3cc4c(cc3cc2c1)[nH]c1cc2ccccc2cc14. The van der Waals surface area contributed by atoms with Crippen LogP contribution in [0.4, 0.5) is 0 Å². The van der Waals surface area contributed by atoms with Gasteiger partial charge in [-0.3, -0.25) is 0 Å². The van der Waals surface area contributed by atoms with Gasteiger partial charge in [0.1, 0.15) is 0 Å². The number of H-pyrrole nitrogens is 1. The first-order chi connectivity index (χ1) is 12.3. The topological polar surface area (TPSA) is 15.8 Å². The summed E-state index contributed by atoms with van der Waals surface area (Å²) in [4.78, 5) is 3.61. The Morgan fingerprint density at radius 1 is 0.400 bits per heavy atom. The Labute approximate surface area is 144 Å². The van der Waals surface area contributed by atoms with E-state index in [-0.39, 0.29) is 0 Å². The number of fused-ring (bicyclic) bond motifs is 6. The first-order valence-electron chi connectivity index (χ1n) is 8.62. The predicted molar refractivity (Wildman–Crippen MR) is 108 cm³/mol. The highest BCUT2D eigenvalue weighted by atomic mass is 14.7. The lowest BCUT2D eigenvalue weighted by atomic mass is 10.0. The number of hydrogen-bond donors (Lipinski definition) is 1. The lowest BCUT2D eigenvalue weighted by Gasteiger charge is -2.03. The molecule has 1 heteroatoms. The van der Waals surface area contributed by atoms with Crippen LogP contribution in [0, 0.1) is 0 Å². The van der Waals surface area contributed by atoms with E-state index in [4.69, 9.17) is 0 Å². The smallest absolute Gasteiger partial charge is 0.0471 e. The van der Waals surface area contributed by atoms with Crippen LogP contribution in [0.3, 0.4) is 0 Å². The van der Waals surface area contributed by atoms with Crippen LogP contribution in [0.1, 0.15) is 0 Å². The molecule has 116 valence electrons. The molecule has 0 amide bonds. The van der Waals surface area contributed by atoms with Crippen LogP contribution in [0.2, 0.25) is 0 Å². The summed E-state index contributed by atoms with van der Waals surface area (Å²) < 4.78 is 0. The van der Waals surface area contributed by atoms with Crippen molar-refractivity contribution in [2.45, 2.75) is 0 Å². The van der Waals surface area contributed by atoms with Gasteiger partial charge in [0.05, 0.1) is 0 Å². The van der Waals surface area contributed by atoms with Crippen molar-refractivity contribution >= 4 is 54.1 Å². The van der Waals surface area contributed by atoms with Crippen molar-refractivity contribution in [2.24, 2.45) is 0 Å². The molecule has 1 nitrogen and oxygen atoms in total. The van der Waals surface area contributed by atoms with Crippen LogP contribution in [0.5, 0.6) is 0 Å². The molecule has 0 radical (unpaired) electrons. The number of nitrogens with one attached hydrogen (secondary N) is 1. The molecule has 0 saturated heterocycles. The van der Waals surface area contributed by atoms with Gasteiger partial charge >= 0.3 is 0 Å². The number of aromatic nitrogens is 1. The summed E-state index contributed by atoms with van der Waals surface area (Å²) in [7, 11) is 0. The van der Waals surface area contributed by atoms with Gasteiger partial charge in [0.15, 0.2) is 0 Å². The highest BCUT2D eigenvalue weighted by Gasteiger charge is 2.08. The Balaban J connectivity index is 1.78. The zero-order valence-corrected chi connectivity index (χ0v) is 13.6. The molecule has 5 aromatic carbocycles. The van der Waals surface area contributed by atoms with E-state index in [9.17, 15) is 0 Å². The molecule has 1 aromatic heterocycles. The fraction of sp³-hybridized carbons (Fsp3) is 0. The summed E-state index contributed by atoms with van der Waals surface area (Å²) in [5.41, 5.74) is 2.40. The molecule has 0 aliphatic heterocycles. The maximum absolute atomic E-state index is 3.61. The second-order valence-corrected chi connectivity index (χ2v) is 6.81. The number of hydrogen-bond acceptors (Lipinski definition) is 0. The van der Waals surface area contributed by atoms with Crippen LogP contribution >= 0.6 is 0 Å². The minimum atomic E-state index is 1.20. The minimum Gasteiger partial charge on any atom is -0.354 e. The van der Waals surface area contributed by atoms with E-state index in [1.807, 2.05) is 0 Å². The molecule has 0 unspecified atom stereocenters. The lowest BCUT2D eigenvalue weighted by Crippen LogP contribution is -1.77. The number of rotatable bonds is 0. The summed E-state index contributed by atoms with van der Waals surface area (Å²) >= 11 is 0. The van der Waals surface area contributed by atoms with Gasteiger partial charge in [-0.2, -0.15) is 0 Å². The van der Waals surface area contributed by atoms with Gasteiger partial charge in [-0.05, 0) is 68.7 Å². The van der Waals surface area contributed by atoms with E-state index in [0.29, 0.717) is 0 Å². The zero-order valence-electron chi connectivity index (χ0n) is 13.6. The van der Waals surface area contributed by atoms with Gasteiger partial charge in [0.25, 0.3) is 0 Å². The highest BCUT2D eigenvalue weighted by Crippen LogP contribution is 2.33. The van der Waals surface area contributed by atoms with Crippen LogP contribution < -0.4 is 0 Å². The van der Waals surface area contributed by atoms with E-state index in [2.05, 4.69) is 89.9 Å². The molecule has 0 aliphatic carbocycles. The molecule has 0 saturated carbocycles. The molecule has 6 aromatic rings. The van der Waals surface area contributed by atoms with Crippen molar-refractivity contribution in [3.05, 3.63) is 84.9 Å². The van der Waals surface area contributed by atoms with Crippen molar-refractivity contribution in [1.29, 1.82) is 0 Å². The molecule has 0 bridgehead atoms. The summed E-state index contributed by atoms with van der Waals surface area (Å²) in [5.74, 6) is 0. The van der Waals surface area contributed by atoms with Crippen LogP contribution in [0.15, 0.2) is 84.9 Å². The normalized spacial score (nSPS) is 12.0. The molecule has 1 N–H and O–H groups in total. The Hall–Kier alpha value is -3.32. The van der Waals surface area contributed by atoms with Gasteiger partial charge in [0.2, 0.25) is 0 Å². The van der Waals surface area contributed by atoms with Crippen molar-refractivity contribution in [2.75, 3.05) is 0 Å². The maximum Gasteiger partial charge on any atom is 0.0471 e. The average molecular weight is 317 g/mol. The first kappa shape index (κ1) is 13.0. The lowest BCUT2D eigenvalue weighted by molar-refractivity contribution is 1.56. The Bertz CT molecular complexity index is 1420. The summed E-state index contributed by atoms with van der Waals surface area (Å²) in [5, 5.41) is 10.3. The largest absolute Gasteiger partial charge is 0.354 e. The van der Waals surface area contributed by atoms with Crippen LogP contribution in [-0.2, 0) is 0 Å². The van der Waals surface area contributed by atoms with Gasteiger partial charge in [-0.1, -0.05) is 48.5 Å². The fourth-order valence-electron chi connectivity index (χ4n) is 4.03. The van der Waals surface area contributed by atoms with Gasteiger partial charge in [-0.15, -0.1) is 0 Å². The first-order valence-corrected chi connectivity index (χ1v) is 8.62. The fourth-order valence-corrected chi connectivity index (χ4v) is 4.03. The Morgan fingerprint density at radius 3 is 1.40 bits per heavy atom. The van der Waals surface area contributed by atoms with E-state index >= 15 is 0 Å². The molecule has 25 heavy (non-hydrogen) atoms. The quantitative estimate of drug-likeness (QED) is 0.297. The second-order valence-electron chi connectivity index (χ2n) is 6.81. The summed E-state index contributed by atoms with van der Waals surface area (Å²) in [6, 6.07) is 30.8. The van der Waals surface area contributed by atoms with Gasteiger partial charge in [0, 0.05) is 21.8 Å². The number of aromatic amines is 1. The number of benzene rings is 5. The molecule has 0 fully saturated rings. The van der Waals surface area contributed by atoms with Gasteiger partial charge in [-0.25, -0.2) is 0 Å². The van der Waals surface area contributed by atoms with Crippen LogP contribution in [-0.4, -0.2) is 4.98 Å². The molecule has 0 aliphatic rings. The van der Waals surface area contributed by atoms with Crippen LogP contribution in [0.25, 0.3) is 54.1 Å². The molecule has 6 rings (SSSR count). The van der Waals surface area contributed by atoms with Crippen molar-refractivity contribution < 1.29 is 0 Å². The zero-order chi connectivity index (χ0) is 16.4. The molecular weight excluding hydrogens is 302 g/mol. The van der Waals surface area contributed by atoms with E-state index < -0.39 is 0 Å². The highest BCUT2D eigenvalue weighted by molar-refractivity contribution is 6.16. The third kappa shape index (κ3) is 1.84. The van der Waals surface area contributed by atoms with Gasteiger partial charge < -0.3 is 4.98 Å². The average Bonchev–Trinajstić information content (AvgIpc) is 2.98. The van der Waals surface area contributed by atoms with Crippen molar-refractivity contribution in [3.63, 3.8) is 0 Å². The maximum atomic E-state index is 3.61. The molecule has 0 spiro atoms. The third-order valence-electron chi connectivity index (χ3n) is 5.29. The minimum absolute atomic E-state index is 1.20. The Kier molecular flexibility index (Phi) is 2.40. The third-order valence-corrected chi connectivity index (χ3v) is 5.29.